The smallest absolute Gasteiger partial charge is 0.305 e. The van der Waals surface area contributed by atoms with E-state index in [0.29, 0.717) is 36.3 Å². The van der Waals surface area contributed by atoms with Gasteiger partial charge in [0.15, 0.2) is 0 Å². The molecular weight excluding hydrogens is 407 g/mol. The van der Waals surface area contributed by atoms with E-state index >= 15 is 0 Å². The van der Waals surface area contributed by atoms with Gasteiger partial charge in [-0.15, -0.1) is 0 Å². The molecular formula is C22H23FN2O4S. The van der Waals surface area contributed by atoms with Crippen LogP contribution in [-0.4, -0.2) is 51.4 Å². The van der Waals surface area contributed by atoms with Crippen molar-refractivity contribution in [2.24, 2.45) is 5.92 Å². The number of ether oxygens (including phenoxy) is 1. The van der Waals surface area contributed by atoms with Crippen molar-refractivity contribution in [2.45, 2.75) is 30.7 Å². The molecule has 1 saturated carbocycles. The number of hydrogen-bond donors (Lipinski definition) is 3. The minimum atomic E-state index is -0.903. The number of para-hydroxylation sites is 1. The van der Waals surface area contributed by atoms with Gasteiger partial charge in [0.1, 0.15) is 17.7 Å². The number of aliphatic hydroxyl groups is 2. The molecule has 1 aliphatic heterocycles. The Labute approximate surface area is 176 Å². The third kappa shape index (κ3) is 3.65. The second-order valence-electron chi connectivity index (χ2n) is 8.39. The minimum absolute atomic E-state index is 0.0256. The molecule has 1 aromatic heterocycles. The molecule has 1 aliphatic carbocycles. The van der Waals surface area contributed by atoms with Gasteiger partial charge in [0, 0.05) is 32.0 Å². The number of aromatic nitrogens is 1. The number of likely N-dealkylation sites (tertiary alicyclic amines) is 1. The van der Waals surface area contributed by atoms with Crippen molar-refractivity contribution < 1.29 is 19.3 Å². The molecule has 2 aliphatic rings. The Kier molecular flexibility index (Phi) is 4.89. The predicted octanol–water partition coefficient (Wildman–Crippen LogP) is 2.67. The Bertz CT molecular complexity index is 1120. The van der Waals surface area contributed by atoms with Crippen LogP contribution in [0.25, 0.3) is 10.2 Å². The summed E-state index contributed by atoms with van der Waals surface area (Å²) in [5.41, 5.74) is -0.228. The minimum Gasteiger partial charge on any atom is -0.490 e. The largest absolute Gasteiger partial charge is 0.490 e. The van der Waals surface area contributed by atoms with Gasteiger partial charge < -0.3 is 19.9 Å². The molecule has 0 radical (unpaired) electrons. The van der Waals surface area contributed by atoms with Gasteiger partial charge in [0.2, 0.25) is 0 Å². The zero-order valence-corrected chi connectivity index (χ0v) is 17.1. The Morgan fingerprint density at radius 2 is 2.13 bits per heavy atom. The Morgan fingerprint density at radius 1 is 1.33 bits per heavy atom. The first-order valence-electron chi connectivity index (χ1n) is 10.1. The molecule has 0 bridgehead atoms. The van der Waals surface area contributed by atoms with Gasteiger partial charge in [-0.2, -0.15) is 0 Å². The van der Waals surface area contributed by atoms with Crippen LogP contribution >= 0.6 is 11.3 Å². The topological polar surface area (TPSA) is 85.8 Å². The summed E-state index contributed by atoms with van der Waals surface area (Å²) in [5, 5.41) is 21.8. The van der Waals surface area contributed by atoms with Gasteiger partial charge in [0.05, 0.1) is 21.9 Å². The van der Waals surface area contributed by atoms with Gasteiger partial charge >= 0.3 is 4.87 Å². The van der Waals surface area contributed by atoms with Crippen molar-refractivity contribution in [2.75, 3.05) is 19.6 Å². The molecule has 0 spiro atoms. The van der Waals surface area contributed by atoms with E-state index in [9.17, 15) is 19.4 Å². The summed E-state index contributed by atoms with van der Waals surface area (Å²) in [5.74, 6) is 0.341. The fraction of sp³-hybridized carbons (Fsp3) is 0.409. The number of fused-ring (bicyclic) bond motifs is 2. The number of thiazole rings is 1. The second-order valence-corrected chi connectivity index (χ2v) is 9.41. The third-order valence-electron chi connectivity index (χ3n) is 6.23. The highest BCUT2D eigenvalue weighted by atomic mass is 32.1. The first kappa shape index (κ1) is 19.7. The highest BCUT2D eigenvalue weighted by Crippen LogP contribution is 2.43. The molecule has 158 valence electrons. The Morgan fingerprint density at radius 3 is 2.90 bits per heavy atom. The number of rotatable bonds is 5. The molecule has 0 amide bonds. The molecule has 1 saturated heterocycles. The van der Waals surface area contributed by atoms with Gasteiger partial charge in [0.25, 0.3) is 0 Å². The van der Waals surface area contributed by atoms with E-state index in [1.165, 1.54) is 6.07 Å². The van der Waals surface area contributed by atoms with Crippen molar-refractivity contribution in [3.05, 3.63) is 63.5 Å². The van der Waals surface area contributed by atoms with Gasteiger partial charge in [-0.3, -0.25) is 9.69 Å². The maximum Gasteiger partial charge on any atom is 0.305 e. The quantitative estimate of drug-likeness (QED) is 0.580. The molecule has 2 heterocycles. The summed E-state index contributed by atoms with van der Waals surface area (Å²) in [4.78, 5) is 15.6. The van der Waals surface area contributed by atoms with E-state index in [1.54, 1.807) is 6.07 Å². The van der Waals surface area contributed by atoms with Crippen LogP contribution in [0.5, 0.6) is 5.75 Å². The van der Waals surface area contributed by atoms with Crippen molar-refractivity contribution in [3.8, 4) is 5.75 Å². The normalized spacial score (nSPS) is 27.4. The first-order chi connectivity index (χ1) is 14.4. The zero-order valence-electron chi connectivity index (χ0n) is 16.3. The van der Waals surface area contributed by atoms with Crippen molar-refractivity contribution in [1.29, 1.82) is 0 Å². The fourth-order valence-electron chi connectivity index (χ4n) is 4.88. The molecule has 4 atom stereocenters. The maximum absolute atomic E-state index is 14.3. The van der Waals surface area contributed by atoms with Crippen LogP contribution in [0.15, 0.2) is 47.3 Å². The number of H-pyrrole nitrogens is 1. The van der Waals surface area contributed by atoms with E-state index in [4.69, 9.17) is 4.74 Å². The van der Waals surface area contributed by atoms with Crippen LogP contribution in [-0.2, 0) is 0 Å². The number of aromatic amines is 1. The molecule has 8 heteroatoms. The molecule has 3 N–H and O–H groups in total. The van der Waals surface area contributed by atoms with E-state index in [0.717, 1.165) is 23.5 Å². The summed E-state index contributed by atoms with van der Waals surface area (Å²) in [7, 11) is 0. The second kappa shape index (κ2) is 7.46. The standard InChI is InChI=1S/C22H23FN2O4S/c23-17-6-13(7-19-20(17)24-21(27)30-19)18(26)11-25-10-14-8-16(9-22(14,28)12-25)29-15-4-2-1-3-5-15/h1-7,14,16,18,26,28H,8-12H2,(H,24,27)/t14-,16+,18+,22-/m1/s1. The number of β-amino-alcohol motifs (C(OH)–C–C–N with tert-alkyl or cyclic N) is 2. The number of aliphatic hydroxyl groups excluding tert-OH is 1. The number of halogens is 1. The lowest BCUT2D eigenvalue weighted by Crippen LogP contribution is -2.36. The lowest BCUT2D eigenvalue weighted by atomic mass is 9.95. The van der Waals surface area contributed by atoms with Crippen LogP contribution in [0.2, 0.25) is 0 Å². The summed E-state index contributed by atoms with van der Waals surface area (Å²) < 4.78 is 20.8. The molecule has 30 heavy (non-hydrogen) atoms. The zero-order chi connectivity index (χ0) is 20.9. The number of nitrogens with one attached hydrogen (secondary N) is 1. The average Bonchev–Trinajstić information content (AvgIpc) is 3.30. The van der Waals surface area contributed by atoms with Crippen molar-refractivity contribution >= 4 is 21.6 Å². The summed E-state index contributed by atoms with van der Waals surface area (Å²) in [6.45, 7) is 1.41. The molecule has 0 unspecified atom stereocenters. The van der Waals surface area contributed by atoms with Crippen LogP contribution < -0.4 is 9.61 Å². The monoisotopic (exact) mass is 430 g/mol. The Hall–Kier alpha value is -2.26. The van der Waals surface area contributed by atoms with E-state index in [-0.39, 0.29) is 22.4 Å². The first-order valence-corrected chi connectivity index (χ1v) is 10.9. The number of benzene rings is 2. The maximum atomic E-state index is 14.3. The van der Waals surface area contributed by atoms with E-state index < -0.39 is 17.5 Å². The number of hydrogen-bond acceptors (Lipinski definition) is 6. The van der Waals surface area contributed by atoms with Crippen LogP contribution in [0.3, 0.4) is 0 Å². The highest BCUT2D eigenvalue weighted by molar-refractivity contribution is 7.16. The third-order valence-corrected chi connectivity index (χ3v) is 7.06. The average molecular weight is 431 g/mol. The summed E-state index contributed by atoms with van der Waals surface area (Å²) in [6, 6.07) is 12.5. The molecule has 3 aromatic rings. The fourth-order valence-corrected chi connectivity index (χ4v) is 5.67. The van der Waals surface area contributed by atoms with Crippen molar-refractivity contribution in [3.63, 3.8) is 0 Å². The van der Waals surface area contributed by atoms with E-state index in [2.05, 4.69) is 4.98 Å². The van der Waals surface area contributed by atoms with Crippen LogP contribution in [0.1, 0.15) is 24.5 Å². The van der Waals surface area contributed by atoms with Crippen LogP contribution in [0.4, 0.5) is 4.39 Å². The molecule has 6 nitrogen and oxygen atoms in total. The molecule has 2 fully saturated rings. The predicted molar refractivity (Wildman–Crippen MR) is 112 cm³/mol. The van der Waals surface area contributed by atoms with Gasteiger partial charge in [-0.05, 0) is 36.2 Å². The lowest BCUT2D eigenvalue weighted by Gasteiger charge is -2.25. The van der Waals surface area contributed by atoms with Crippen LogP contribution in [0, 0.1) is 11.7 Å². The summed E-state index contributed by atoms with van der Waals surface area (Å²) in [6.07, 6.45) is 0.384. The molecule has 2 aromatic carbocycles. The van der Waals surface area contributed by atoms with E-state index in [1.807, 2.05) is 35.2 Å². The van der Waals surface area contributed by atoms with Crippen molar-refractivity contribution in [1.82, 2.24) is 9.88 Å². The van der Waals surface area contributed by atoms with Gasteiger partial charge in [-0.1, -0.05) is 29.5 Å². The summed E-state index contributed by atoms with van der Waals surface area (Å²) >= 11 is 0.925. The lowest BCUT2D eigenvalue weighted by molar-refractivity contribution is 0.0178. The van der Waals surface area contributed by atoms with Gasteiger partial charge in [-0.25, -0.2) is 4.39 Å². The number of nitrogens with zero attached hydrogens (tertiary/aromatic N) is 1. The Balaban J connectivity index is 1.23. The highest BCUT2D eigenvalue weighted by Gasteiger charge is 2.52. The SMILES string of the molecule is O=c1[nH]c2c(F)cc([C@@H](O)CN3C[C@H]4C[C@H](Oc5ccccc5)C[C@@]4(O)C3)cc2s1. The molecule has 5 rings (SSSR count).